The first kappa shape index (κ1) is 14.6. The Kier molecular flexibility index (Phi) is 5.15. The van der Waals surface area contributed by atoms with E-state index in [4.69, 9.17) is 10.2 Å². The molecule has 0 aliphatic carbocycles. The van der Waals surface area contributed by atoms with Gasteiger partial charge in [0.1, 0.15) is 0 Å². The standard InChI is InChI=1S/C15H20N2O3/c18-11-9-17(10-12-19)15(20)6-8-16-7-5-13-3-1-2-4-14(13)16/h1-5,7,18-19H,6,8-12H2. The number of aliphatic hydroxyl groups excluding tert-OH is 2. The van der Waals surface area contributed by atoms with Crippen LogP contribution >= 0.6 is 0 Å². The molecule has 0 unspecified atom stereocenters. The normalized spacial score (nSPS) is 10.9. The van der Waals surface area contributed by atoms with E-state index in [1.54, 1.807) is 0 Å². The van der Waals surface area contributed by atoms with Crippen LogP contribution in [0.15, 0.2) is 36.5 Å². The maximum atomic E-state index is 12.0. The molecule has 1 aromatic carbocycles. The van der Waals surface area contributed by atoms with E-state index in [2.05, 4.69) is 0 Å². The number of hydrogen-bond acceptors (Lipinski definition) is 3. The Morgan fingerprint density at radius 1 is 1.10 bits per heavy atom. The quantitative estimate of drug-likeness (QED) is 0.788. The number of rotatable bonds is 7. The Balaban J connectivity index is 1.98. The fraction of sp³-hybridized carbons (Fsp3) is 0.400. The third-order valence-electron chi connectivity index (χ3n) is 3.34. The zero-order valence-corrected chi connectivity index (χ0v) is 11.4. The van der Waals surface area contributed by atoms with Crippen molar-refractivity contribution in [3.8, 4) is 0 Å². The van der Waals surface area contributed by atoms with Crippen LogP contribution in [0.2, 0.25) is 0 Å². The summed E-state index contributed by atoms with van der Waals surface area (Å²) in [6, 6.07) is 10.1. The monoisotopic (exact) mass is 276 g/mol. The lowest BCUT2D eigenvalue weighted by molar-refractivity contribution is -0.132. The number of carbonyl (C=O) groups is 1. The number of carbonyl (C=O) groups excluding carboxylic acids is 1. The Morgan fingerprint density at radius 3 is 2.50 bits per heavy atom. The average molecular weight is 276 g/mol. The van der Waals surface area contributed by atoms with E-state index in [-0.39, 0.29) is 32.2 Å². The topological polar surface area (TPSA) is 65.7 Å². The molecule has 0 aliphatic heterocycles. The Labute approximate surface area is 118 Å². The van der Waals surface area contributed by atoms with Gasteiger partial charge in [-0.25, -0.2) is 0 Å². The van der Waals surface area contributed by atoms with Crippen LogP contribution in [0.5, 0.6) is 0 Å². The molecule has 0 radical (unpaired) electrons. The van der Waals surface area contributed by atoms with Crippen LogP contribution in [-0.4, -0.2) is 51.9 Å². The number of hydrogen-bond donors (Lipinski definition) is 2. The summed E-state index contributed by atoms with van der Waals surface area (Å²) in [6.07, 6.45) is 2.33. The van der Waals surface area contributed by atoms with Crippen LogP contribution in [0.3, 0.4) is 0 Å². The van der Waals surface area contributed by atoms with E-state index in [9.17, 15) is 4.79 Å². The van der Waals surface area contributed by atoms with E-state index >= 15 is 0 Å². The average Bonchev–Trinajstić information content (AvgIpc) is 2.88. The second-order valence-corrected chi connectivity index (χ2v) is 4.65. The molecule has 20 heavy (non-hydrogen) atoms. The molecule has 5 heteroatoms. The van der Waals surface area contributed by atoms with Crippen LogP contribution < -0.4 is 0 Å². The molecular weight excluding hydrogens is 256 g/mol. The maximum Gasteiger partial charge on any atom is 0.224 e. The maximum absolute atomic E-state index is 12.0. The van der Waals surface area contributed by atoms with Crippen LogP contribution in [0.25, 0.3) is 10.9 Å². The molecule has 1 amide bonds. The molecule has 108 valence electrons. The molecule has 0 atom stereocenters. The highest BCUT2D eigenvalue weighted by Gasteiger charge is 2.12. The third kappa shape index (κ3) is 3.37. The highest BCUT2D eigenvalue weighted by molar-refractivity contribution is 5.80. The number of aryl methyl sites for hydroxylation is 1. The fourth-order valence-corrected chi connectivity index (χ4v) is 2.31. The second-order valence-electron chi connectivity index (χ2n) is 4.65. The van der Waals surface area contributed by atoms with Crippen molar-refractivity contribution in [1.82, 2.24) is 9.47 Å². The summed E-state index contributed by atoms with van der Waals surface area (Å²) in [7, 11) is 0. The predicted molar refractivity (Wildman–Crippen MR) is 77.3 cm³/mol. The van der Waals surface area contributed by atoms with Crippen molar-refractivity contribution in [1.29, 1.82) is 0 Å². The molecule has 1 aromatic heterocycles. The molecule has 2 aromatic rings. The van der Waals surface area contributed by atoms with Gasteiger partial charge in [-0.05, 0) is 17.5 Å². The lowest BCUT2D eigenvalue weighted by Crippen LogP contribution is -2.36. The summed E-state index contributed by atoms with van der Waals surface area (Å²) in [4.78, 5) is 13.5. The van der Waals surface area contributed by atoms with Crippen molar-refractivity contribution >= 4 is 16.8 Å². The van der Waals surface area contributed by atoms with E-state index < -0.39 is 0 Å². The lowest BCUT2D eigenvalue weighted by atomic mass is 10.2. The van der Waals surface area contributed by atoms with Crippen molar-refractivity contribution in [2.45, 2.75) is 13.0 Å². The number of aromatic nitrogens is 1. The molecule has 0 saturated heterocycles. The predicted octanol–water partition coefficient (Wildman–Crippen LogP) is 0.845. The van der Waals surface area contributed by atoms with E-state index in [0.29, 0.717) is 13.0 Å². The molecule has 0 aliphatic rings. The lowest BCUT2D eigenvalue weighted by Gasteiger charge is -2.20. The molecule has 0 saturated carbocycles. The smallest absolute Gasteiger partial charge is 0.224 e. The number of benzene rings is 1. The van der Waals surface area contributed by atoms with Gasteiger partial charge in [-0.1, -0.05) is 18.2 Å². The molecule has 2 N–H and O–H groups in total. The van der Waals surface area contributed by atoms with Crippen molar-refractivity contribution in [3.63, 3.8) is 0 Å². The van der Waals surface area contributed by atoms with E-state index in [1.165, 1.54) is 4.90 Å². The number of para-hydroxylation sites is 1. The van der Waals surface area contributed by atoms with Crippen LogP contribution in [0.1, 0.15) is 6.42 Å². The zero-order valence-electron chi connectivity index (χ0n) is 11.4. The zero-order chi connectivity index (χ0) is 14.4. The highest BCUT2D eigenvalue weighted by Crippen LogP contribution is 2.15. The minimum atomic E-state index is -0.0851. The summed E-state index contributed by atoms with van der Waals surface area (Å²) in [6.45, 7) is 0.966. The van der Waals surface area contributed by atoms with Gasteiger partial charge in [-0.2, -0.15) is 0 Å². The van der Waals surface area contributed by atoms with Gasteiger partial charge in [0.25, 0.3) is 0 Å². The molecule has 1 heterocycles. The van der Waals surface area contributed by atoms with Crippen molar-refractivity contribution in [2.24, 2.45) is 0 Å². The van der Waals surface area contributed by atoms with Gasteiger partial charge >= 0.3 is 0 Å². The van der Waals surface area contributed by atoms with Gasteiger partial charge in [0.2, 0.25) is 5.91 Å². The van der Waals surface area contributed by atoms with Gasteiger partial charge in [0.05, 0.1) is 13.2 Å². The molecule has 0 spiro atoms. The van der Waals surface area contributed by atoms with E-state index in [0.717, 1.165) is 10.9 Å². The number of aliphatic hydroxyl groups is 2. The molecule has 2 rings (SSSR count). The van der Waals surface area contributed by atoms with Crippen LogP contribution in [0, 0.1) is 0 Å². The first-order valence-corrected chi connectivity index (χ1v) is 6.79. The van der Waals surface area contributed by atoms with Crippen molar-refractivity contribution in [3.05, 3.63) is 36.5 Å². The number of fused-ring (bicyclic) bond motifs is 1. The fourth-order valence-electron chi connectivity index (χ4n) is 2.31. The third-order valence-corrected chi connectivity index (χ3v) is 3.34. The van der Waals surface area contributed by atoms with Gasteiger partial charge in [0, 0.05) is 37.8 Å². The van der Waals surface area contributed by atoms with Gasteiger partial charge in [-0.3, -0.25) is 4.79 Å². The summed E-state index contributed by atoms with van der Waals surface area (Å²) in [5.74, 6) is -0.0501. The minimum Gasteiger partial charge on any atom is -0.395 e. The summed E-state index contributed by atoms with van der Waals surface area (Å²) < 4.78 is 2.04. The molecule has 0 bridgehead atoms. The first-order valence-electron chi connectivity index (χ1n) is 6.79. The Morgan fingerprint density at radius 2 is 1.80 bits per heavy atom. The molecule has 0 fully saturated rings. The van der Waals surface area contributed by atoms with Gasteiger partial charge in [-0.15, -0.1) is 0 Å². The van der Waals surface area contributed by atoms with Crippen molar-refractivity contribution < 1.29 is 15.0 Å². The number of nitrogens with zero attached hydrogens (tertiary/aromatic N) is 2. The van der Waals surface area contributed by atoms with Crippen molar-refractivity contribution in [2.75, 3.05) is 26.3 Å². The Bertz CT molecular complexity index is 559. The largest absolute Gasteiger partial charge is 0.395 e. The minimum absolute atomic E-state index is 0.0501. The first-order chi connectivity index (χ1) is 9.76. The van der Waals surface area contributed by atoms with Crippen LogP contribution in [-0.2, 0) is 11.3 Å². The highest BCUT2D eigenvalue weighted by atomic mass is 16.3. The second kappa shape index (κ2) is 7.07. The number of amides is 1. The molecular formula is C15H20N2O3. The Hall–Kier alpha value is -1.85. The van der Waals surface area contributed by atoms with Gasteiger partial charge in [0.15, 0.2) is 0 Å². The SMILES string of the molecule is O=C(CCn1ccc2ccccc21)N(CCO)CCO. The summed E-state index contributed by atoms with van der Waals surface area (Å²) in [5, 5.41) is 19.0. The summed E-state index contributed by atoms with van der Waals surface area (Å²) in [5.41, 5.74) is 1.11. The van der Waals surface area contributed by atoms with Crippen LogP contribution in [0.4, 0.5) is 0 Å². The van der Waals surface area contributed by atoms with E-state index in [1.807, 2.05) is 41.1 Å². The van der Waals surface area contributed by atoms with Gasteiger partial charge < -0.3 is 19.7 Å². The summed E-state index contributed by atoms with van der Waals surface area (Å²) >= 11 is 0. The molecule has 5 nitrogen and oxygen atoms in total.